The van der Waals surface area contributed by atoms with E-state index in [0.717, 1.165) is 11.8 Å². The van der Waals surface area contributed by atoms with E-state index < -0.39 is 0 Å². The van der Waals surface area contributed by atoms with Crippen LogP contribution in [0.2, 0.25) is 0 Å². The van der Waals surface area contributed by atoms with Crippen LogP contribution in [0.15, 0.2) is 0 Å². The summed E-state index contributed by atoms with van der Waals surface area (Å²) in [5.41, 5.74) is 0. The van der Waals surface area contributed by atoms with Crippen molar-refractivity contribution >= 4 is 0 Å². The molecule has 0 aromatic carbocycles. The molecule has 0 saturated carbocycles. The van der Waals surface area contributed by atoms with E-state index in [-0.39, 0.29) is 0 Å². The fourth-order valence-corrected chi connectivity index (χ4v) is 2.46. The summed E-state index contributed by atoms with van der Waals surface area (Å²) < 4.78 is 0. The second-order valence-electron chi connectivity index (χ2n) is 3.96. The van der Waals surface area contributed by atoms with E-state index in [0.29, 0.717) is 0 Å². The molecule has 0 aromatic rings. The zero-order chi connectivity index (χ0) is 9.14. The van der Waals surface area contributed by atoms with Crippen LogP contribution in [-0.4, -0.2) is 50.1 Å². The highest BCUT2D eigenvalue weighted by Gasteiger charge is 2.36. The van der Waals surface area contributed by atoms with Crippen LogP contribution in [0.25, 0.3) is 0 Å². The number of hydrogen-bond donors (Lipinski definition) is 0. The van der Waals surface area contributed by atoms with Gasteiger partial charge in [-0.2, -0.15) is 0 Å². The first kappa shape index (κ1) is 10.0. The highest BCUT2D eigenvalue weighted by molar-refractivity contribution is 4.90. The minimum absolute atomic E-state index is 0.981. The summed E-state index contributed by atoms with van der Waals surface area (Å²) in [5, 5.41) is 0. The lowest BCUT2D eigenvalue weighted by atomic mass is 10.0. The van der Waals surface area contributed by atoms with Gasteiger partial charge in [-0.05, 0) is 25.9 Å². The monoisotopic (exact) mass is 170 g/mol. The molecule has 0 amide bonds. The molecule has 2 heteroatoms. The van der Waals surface area contributed by atoms with E-state index in [2.05, 4.69) is 23.9 Å². The molecule has 0 atom stereocenters. The molecule has 0 aliphatic carbocycles. The van der Waals surface area contributed by atoms with Crippen LogP contribution < -0.4 is 0 Å². The quantitative estimate of drug-likeness (QED) is 0.538. The Morgan fingerprint density at radius 2 is 1.00 bits per heavy atom. The van der Waals surface area contributed by atoms with Crippen molar-refractivity contribution in [3.05, 3.63) is 0 Å². The molecule has 2 rings (SSSR count). The lowest BCUT2D eigenvalue weighted by Gasteiger charge is -2.12. The van der Waals surface area contributed by atoms with Gasteiger partial charge in [0.15, 0.2) is 0 Å². The van der Waals surface area contributed by atoms with Crippen molar-refractivity contribution in [2.45, 2.75) is 13.8 Å². The zero-order valence-electron chi connectivity index (χ0n) is 8.88. The zero-order valence-corrected chi connectivity index (χ0v) is 8.88. The fraction of sp³-hybridized carbons (Fsp3) is 1.00. The molecular weight excluding hydrogens is 148 g/mol. The smallest absolute Gasteiger partial charge is 0.00226 e. The number of nitrogens with zero attached hydrogens (tertiary/aromatic N) is 2. The van der Waals surface area contributed by atoms with Gasteiger partial charge >= 0.3 is 0 Å². The highest BCUT2D eigenvalue weighted by Crippen LogP contribution is 2.28. The fourth-order valence-electron chi connectivity index (χ4n) is 2.46. The van der Waals surface area contributed by atoms with Gasteiger partial charge in [-0.25, -0.2) is 0 Å². The van der Waals surface area contributed by atoms with Crippen molar-refractivity contribution in [2.75, 3.05) is 40.3 Å². The maximum Gasteiger partial charge on any atom is 0.00226 e. The van der Waals surface area contributed by atoms with Gasteiger partial charge in [0.05, 0.1) is 0 Å². The van der Waals surface area contributed by atoms with E-state index in [1.165, 1.54) is 26.2 Å². The molecule has 2 aliphatic rings. The highest BCUT2D eigenvalue weighted by atomic mass is 15.2. The van der Waals surface area contributed by atoms with Crippen molar-refractivity contribution < 1.29 is 0 Å². The Morgan fingerprint density at radius 1 is 0.750 bits per heavy atom. The second-order valence-corrected chi connectivity index (χ2v) is 3.96. The van der Waals surface area contributed by atoms with Crippen LogP contribution in [0.5, 0.6) is 0 Å². The molecule has 2 fully saturated rings. The van der Waals surface area contributed by atoms with Crippen molar-refractivity contribution in [3.63, 3.8) is 0 Å². The van der Waals surface area contributed by atoms with E-state index >= 15 is 0 Å². The Kier molecular flexibility index (Phi) is 3.53. The molecule has 2 aliphatic heterocycles. The topological polar surface area (TPSA) is 6.48 Å². The van der Waals surface area contributed by atoms with Gasteiger partial charge in [0.25, 0.3) is 0 Å². The van der Waals surface area contributed by atoms with Crippen molar-refractivity contribution in [2.24, 2.45) is 11.8 Å². The third kappa shape index (κ3) is 1.99. The van der Waals surface area contributed by atoms with Gasteiger partial charge in [0.2, 0.25) is 0 Å². The van der Waals surface area contributed by atoms with E-state index in [4.69, 9.17) is 0 Å². The molecule has 12 heavy (non-hydrogen) atoms. The Hall–Kier alpha value is -0.0800. The first-order valence-electron chi connectivity index (χ1n) is 5.13. The van der Waals surface area contributed by atoms with Crippen molar-refractivity contribution in [1.29, 1.82) is 0 Å². The molecule has 2 heterocycles. The molecule has 0 N–H and O–H groups in total. The Bertz CT molecular complexity index is 108. The van der Waals surface area contributed by atoms with Crippen molar-refractivity contribution in [3.8, 4) is 0 Å². The Labute approximate surface area is 76.5 Å². The number of likely N-dealkylation sites (tertiary alicyclic amines) is 2. The molecule has 0 bridgehead atoms. The summed E-state index contributed by atoms with van der Waals surface area (Å²) in [6, 6.07) is 0. The normalized spacial score (nSPS) is 36.0. The molecule has 0 radical (unpaired) electrons. The average Bonchev–Trinajstić information content (AvgIpc) is 2.48. The summed E-state index contributed by atoms with van der Waals surface area (Å²) in [7, 11) is 4.47. The third-order valence-corrected chi connectivity index (χ3v) is 2.85. The Morgan fingerprint density at radius 3 is 1.25 bits per heavy atom. The standard InChI is InChI=1S/C8H16N2.C2H6/c1-9-3-7-5-10(2)6-8(7)4-9;1-2/h7-8H,3-6H2,1-2H3;1-2H3. The van der Waals surface area contributed by atoms with Crippen LogP contribution in [-0.2, 0) is 0 Å². The molecule has 0 spiro atoms. The molecule has 0 unspecified atom stereocenters. The summed E-state index contributed by atoms with van der Waals surface area (Å²) in [6.45, 7) is 9.31. The number of rotatable bonds is 0. The van der Waals surface area contributed by atoms with Gasteiger partial charge in [-0.15, -0.1) is 0 Å². The van der Waals surface area contributed by atoms with E-state index in [1.54, 1.807) is 0 Å². The van der Waals surface area contributed by atoms with Gasteiger partial charge < -0.3 is 9.80 Å². The maximum atomic E-state index is 2.46. The third-order valence-electron chi connectivity index (χ3n) is 2.85. The maximum absolute atomic E-state index is 2.46. The first-order chi connectivity index (χ1) is 5.75. The minimum Gasteiger partial charge on any atom is -0.306 e. The van der Waals surface area contributed by atoms with Crippen LogP contribution in [0.4, 0.5) is 0 Å². The molecule has 2 nitrogen and oxygen atoms in total. The minimum atomic E-state index is 0.981. The van der Waals surface area contributed by atoms with Gasteiger partial charge in [0.1, 0.15) is 0 Å². The van der Waals surface area contributed by atoms with Crippen LogP contribution in [0, 0.1) is 11.8 Å². The second kappa shape index (κ2) is 4.24. The summed E-state index contributed by atoms with van der Waals surface area (Å²) in [5.74, 6) is 1.96. The lowest BCUT2D eigenvalue weighted by Crippen LogP contribution is -2.23. The lowest BCUT2D eigenvalue weighted by molar-refractivity contribution is 0.316. The van der Waals surface area contributed by atoms with Crippen LogP contribution >= 0.6 is 0 Å². The first-order valence-corrected chi connectivity index (χ1v) is 5.13. The van der Waals surface area contributed by atoms with Crippen molar-refractivity contribution in [1.82, 2.24) is 9.80 Å². The predicted molar refractivity (Wildman–Crippen MR) is 53.3 cm³/mol. The van der Waals surface area contributed by atoms with E-state index in [9.17, 15) is 0 Å². The number of fused-ring (bicyclic) bond motifs is 1. The molecule has 2 saturated heterocycles. The average molecular weight is 170 g/mol. The van der Waals surface area contributed by atoms with Gasteiger partial charge in [-0.1, -0.05) is 13.8 Å². The SMILES string of the molecule is CC.CN1CC2CN(C)CC2C1. The Balaban J connectivity index is 0.000000336. The largest absolute Gasteiger partial charge is 0.306 e. The molecule has 0 aromatic heterocycles. The predicted octanol–water partition coefficient (Wildman–Crippen LogP) is 1.14. The summed E-state index contributed by atoms with van der Waals surface area (Å²) in [6.07, 6.45) is 0. The summed E-state index contributed by atoms with van der Waals surface area (Å²) >= 11 is 0. The van der Waals surface area contributed by atoms with E-state index in [1.807, 2.05) is 13.8 Å². The summed E-state index contributed by atoms with van der Waals surface area (Å²) in [4.78, 5) is 4.92. The molecular formula is C10H22N2. The van der Waals surface area contributed by atoms with Crippen LogP contribution in [0.3, 0.4) is 0 Å². The van der Waals surface area contributed by atoms with Gasteiger partial charge in [0, 0.05) is 26.2 Å². The number of hydrogen-bond acceptors (Lipinski definition) is 2. The van der Waals surface area contributed by atoms with Gasteiger partial charge in [-0.3, -0.25) is 0 Å². The van der Waals surface area contributed by atoms with Crippen LogP contribution in [0.1, 0.15) is 13.8 Å². The molecule has 72 valence electrons.